The first-order chi connectivity index (χ1) is 18.3. The molecule has 0 saturated heterocycles. The van der Waals surface area contributed by atoms with Gasteiger partial charge in [0.15, 0.2) is 0 Å². The lowest BCUT2D eigenvalue weighted by Gasteiger charge is -2.18. The molecule has 1 atom stereocenters. The van der Waals surface area contributed by atoms with Crippen LogP contribution in [0.25, 0.3) is 22.0 Å². The number of esters is 1. The van der Waals surface area contributed by atoms with Crippen molar-refractivity contribution >= 4 is 16.9 Å². The lowest BCUT2D eigenvalue weighted by Crippen LogP contribution is -2.16. The number of nitrogens with zero attached hydrogens (tertiary/aromatic N) is 1. The Labute approximate surface area is 216 Å². The zero-order valence-electron chi connectivity index (χ0n) is 20.3. The topological polar surface area (TPSA) is 64.2 Å². The van der Waals surface area contributed by atoms with E-state index in [1.807, 2.05) is 60.7 Å². The fourth-order valence-electron chi connectivity index (χ4n) is 4.54. The van der Waals surface area contributed by atoms with Gasteiger partial charge in [0.2, 0.25) is 0 Å². The molecule has 1 heterocycles. The van der Waals surface area contributed by atoms with Gasteiger partial charge in [-0.3, -0.25) is 5.10 Å². The van der Waals surface area contributed by atoms with Crippen LogP contribution in [-0.2, 0) is 11.2 Å². The third-order valence-corrected chi connectivity index (χ3v) is 6.35. The van der Waals surface area contributed by atoms with Crippen molar-refractivity contribution < 1.29 is 27.4 Å². The molecule has 8 heteroatoms. The Morgan fingerprint density at radius 3 is 2.34 bits per heavy atom. The Kier molecular flexibility index (Phi) is 6.87. The van der Waals surface area contributed by atoms with Crippen molar-refractivity contribution in [1.82, 2.24) is 10.2 Å². The predicted molar refractivity (Wildman–Crippen MR) is 138 cm³/mol. The summed E-state index contributed by atoms with van der Waals surface area (Å²) in [5.74, 6) is -0.803. The molecule has 5 rings (SSSR count). The maximum absolute atomic E-state index is 12.6. The summed E-state index contributed by atoms with van der Waals surface area (Å²) in [4.78, 5) is 11.9. The molecule has 1 N–H and O–H groups in total. The standard InChI is InChI=1S/C30H23F3N2O3/c1-37-29(36)21-11-9-19(10-12-21)17-26(28-25-7-2-3-8-27(25)34-35-28)23-6-4-5-22(18-23)20-13-15-24(16-14-20)38-30(31,32)33/h2-16,18,26H,17H2,1H3,(H,34,35). The first-order valence-electron chi connectivity index (χ1n) is 11.9. The highest BCUT2D eigenvalue weighted by Gasteiger charge is 2.31. The van der Waals surface area contributed by atoms with E-state index in [9.17, 15) is 18.0 Å². The first kappa shape index (κ1) is 25.1. The molecule has 0 spiro atoms. The Balaban J connectivity index is 1.51. The van der Waals surface area contributed by atoms with Crippen molar-refractivity contribution in [2.75, 3.05) is 7.11 Å². The van der Waals surface area contributed by atoms with E-state index in [2.05, 4.69) is 14.9 Å². The molecule has 5 nitrogen and oxygen atoms in total. The van der Waals surface area contributed by atoms with Crippen molar-refractivity contribution in [1.29, 1.82) is 0 Å². The summed E-state index contributed by atoms with van der Waals surface area (Å²) in [7, 11) is 1.35. The molecule has 1 unspecified atom stereocenters. The molecule has 0 amide bonds. The molecule has 1 aromatic heterocycles. The average molecular weight is 517 g/mol. The summed E-state index contributed by atoms with van der Waals surface area (Å²) < 4.78 is 46.5. The van der Waals surface area contributed by atoms with Gasteiger partial charge in [-0.25, -0.2) is 4.79 Å². The molecular weight excluding hydrogens is 493 g/mol. The molecule has 38 heavy (non-hydrogen) atoms. The van der Waals surface area contributed by atoms with Gasteiger partial charge in [-0.1, -0.05) is 66.7 Å². The highest BCUT2D eigenvalue weighted by molar-refractivity contribution is 5.89. The zero-order chi connectivity index (χ0) is 26.7. The zero-order valence-corrected chi connectivity index (χ0v) is 20.3. The quantitative estimate of drug-likeness (QED) is 0.231. The van der Waals surface area contributed by atoms with E-state index in [1.165, 1.54) is 19.2 Å². The highest BCUT2D eigenvalue weighted by Crippen LogP contribution is 2.35. The van der Waals surface area contributed by atoms with Crippen LogP contribution in [0.15, 0.2) is 97.1 Å². The van der Waals surface area contributed by atoms with Crippen LogP contribution in [0.1, 0.15) is 33.1 Å². The van der Waals surface area contributed by atoms with Crippen LogP contribution in [0.3, 0.4) is 0 Å². The van der Waals surface area contributed by atoms with Crippen LogP contribution in [0.5, 0.6) is 5.75 Å². The third-order valence-electron chi connectivity index (χ3n) is 6.35. The number of halogens is 3. The minimum absolute atomic E-state index is 0.136. The van der Waals surface area contributed by atoms with Gasteiger partial charge in [0.1, 0.15) is 5.75 Å². The minimum atomic E-state index is -4.74. The number of aromatic amines is 1. The minimum Gasteiger partial charge on any atom is -0.465 e. The highest BCUT2D eigenvalue weighted by atomic mass is 19.4. The number of nitrogens with one attached hydrogen (secondary N) is 1. The number of para-hydroxylation sites is 1. The van der Waals surface area contributed by atoms with Gasteiger partial charge < -0.3 is 9.47 Å². The maximum atomic E-state index is 12.6. The SMILES string of the molecule is COC(=O)c1ccc(CC(c2cccc(-c3ccc(OC(F)(F)F)cc3)c2)c2n[nH]c3ccccc23)cc1. The van der Waals surface area contributed by atoms with Crippen LogP contribution < -0.4 is 4.74 Å². The average Bonchev–Trinajstić information content (AvgIpc) is 3.35. The van der Waals surface area contributed by atoms with Gasteiger partial charge in [0.25, 0.3) is 0 Å². The van der Waals surface area contributed by atoms with Crippen LogP contribution in [0.2, 0.25) is 0 Å². The molecular formula is C30H23F3N2O3. The van der Waals surface area contributed by atoms with Crippen LogP contribution in [0, 0.1) is 0 Å². The van der Waals surface area contributed by atoms with E-state index in [1.54, 1.807) is 24.3 Å². The van der Waals surface area contributed by atoms with Gasteiger partial charge in [0.05, 0.1) is 23.9 Å². The lowest BCUT2D eigenvalue weighted by molar-refractivity contribution is -0.274. The number of hydrogen-bond acceptors (Lipinski definition) is 4. The Morgan fingerprint density at radius 2 is 1.63 bits per heavy atom. The Morgan fingerprint density at radius 1 is 0.895 bits per heavy atom. The molecule has 0 radical (unpaired) electrons. The summed E-state index contributed by atoms with van der Waals surface area (Å²) in [5.41, 5.74) is 5.88. The second kappa shape index (κ2) is 10.4. The number of ether oxygens (including phenoxy) is 2. The third kappa shape index (κ3) is 5.54. The first-order valence-corrected chi connectivity index (χ1v) is 11.9. The molecule has 5 aromatic rings. The molecule has 0 aliphatic carbocycles. The number of carbonyl (C=O) groups excluding carboxylic acids is 1. The summed E-state index contributed by atoms with van der Waals surface area (Å²) in [5, 5.41) is 8.77. The molecule has 0 saturated carbocycles. The molecule has 0 aliphatic heterocycles. The number of hydrogen-bond donors (Lipinski definition) is 1. The largest absolute Gasteiger partial charge is 0.573 e. The normalized spacial score (nSPS) is 12.3. The molecule has 0 bridgehead atoms. The summed E-state index contributed by atoms with van der Waals surface area (Å²) in [6.07, 6.45) is -4.13. The number of H-pyrrole nitrogens is 1. The van der Waals surface area contributed by atoms with Crippen molar-refractivity contribution in [3.8, 4) is 16.9 Å². The monoisotopic (exact) mass is 516 g/mol. The smallest absolute Gasteiger partial charge is 0.465 e. The molecule has 0 fully saturated rings. The van der Waals surface area contributed by atoms with Gasteiger partial charge >= 0.3 is 12.3 Å². The number of benzene rings is 4. The number of methoxy groups -OCH3 is 1. The predicted octanol–water partition coefficient (Wildman–Crippen LogP) is 7.29. The summed E-state index contributed by atoms with van der Waals surface area (Å²) in [6.45, 7) is 0. The van der Waals surface area contributed by atoms with E-state index in [0.717, 1.165) is 38.9 Å². The second-order valence-corrected chi connectivity index (χ2v) is 8.80. The maximum Gasteiger partial charge on any atom is 0.573 e. The van der Waals surface area contributed by atoms with Gasteiger partial charge in [-0.15, -0.1) is 13.2 Å². The summed E-state index contributed by atoms with van der Waals surface area (Å²) in [6, 6.07) is 28.9. The van der Waals surface area contributed by atoms with E-state index in [0.29, 0.717) is 12.0 Å². The lowest BCUT2D eigenvalue weighted by atomic mass is 9.86. The Bertz CT molecular complexity index is 1560. The van der Waals surface area contributed by atoms with Crippen molar-refractivity contribution in [2.24, 2.45) is 0 Å². The van der Waals surface area contributed by atoms with Gasteiger partial charge in [0, 0.05) is 11.3 Å². The number of rotatable bonds is 7. The number of fused-ring (bicyclic) bond motifs is 1. The molecule has 4 aromatic carbocycles. The number of carbonyl (C=O) groups is 1. The van der Waals surface area contributed by atoms with Crippen molar-refractivity contribution in [3.63, 3.8) is 0 Å². The van der Waals surface area contributed by atoms with Crippen molar-refractivity contribution in [2.45, 2.75) is 18.7 Å². The molecule has 0 aliphatic rings. The van der Waals surface area contributed by atoms with E-state index in [-0.39, 0.29) is 11.7 Å². The number of alkyl halides is 3. The second-order valence-electron chi connectivity index (χ2n) is 8.80. The van der Waals surface area contributed by atoms with Crippen LogP contribution in [0.4, 0.5) is 13.2 Å². The van der Waals surface area contributed by atoms with Gasteiger partial charge in [-0.2, -0.15) is 5.10 Å². The fraction of sp³-hybridized carbons (Fsp3) is 0.133. The number of aromatic nitrogens is 2. The van der Waals surface area contributed by atoms with Crippen LogP contribution >= 0.6 is 0 Å². The van der Waals surface area contributed by atoms with Crippen molar-refractivity contribution in [3.05, 3.63) is 119 Å². The Hall–Kier alpha value is -4.59. The fourth-order valence-corrected chi connectivity index (χ4v) is 4.54. The summed E-state index contributed by atoms with van der Waals surface area (Å²) >= 11 is 0. The van der Waals surface area contributed by atoms with E-state index < -0.39 is 12.3 Å². The van der Waals surface area contributed by atoms with Crippen LogP contribution in [-0.4, -0.2) is 29.6 Å². The van der Waals surface area contributed by atoms with E-state index in [4.69, 9.17) is 4.74 Å². The van der Waals surface area contributed by atoms with Gasteiger partial charge in [-0.05, 0) is 59.0 Å². The van der Waals surface area contributed by atoms with E-state index >= 15 is 0 Å². The molecule has 192 valence electrons.